The Morgan fingerprint density at radius 2 is 1.78 bits per heavy atom. The molecule has 4 heteroatoms. The van der Waals surface area contributed by atoms with E-state index in [2.05, 4.69) is 11.4 Å². The molecule has 2 aromatic carbocycles. The van der Waals surface area contributed by atoms with Crippen LogP contribution in [0.2, 0.25) is 10.0 Å². The van der Waals surface area contributed by atoms with Crippen LogP contribution in [0.4, 0.5) is 0 Å². The van der Waals surface area contributed by atoms with Gasteiger partial charge in [-0.05, 0) is 29.8 Å². The lowest BCUT2D eigenvalue weighted by atomic mass is 10.2. The first kappa shape index (κ1) is 12.9. The topological polar surface area (TPSA) is 21.6 Å². The van der Waals surface area contributed by atoms with Crippen LogP contribution in [-0.2, 0) is 11.4 Å². The molecule has 1 radical (unpaired) electrons. The highest BCUT2D eigenvalue weighted by atomic mass is 35.5. The minimum Gasteiger partial charge on any atom is -0.390 e. The van der Waals surface area contributed by atoms with Gasteiger partial charge in [0.25, 0.3) is 0 Å². The first-order chi connectivity index (χ1) is 8.74. The van der Waals surface area contributed by atoms with Crippen molar-refractivity contribution in [3.05, 3.63) is 69.7 Å². The maximum Gasteiger partial charge on any atom is 0.142 e. The van der Waals surface area contributed by atoms with Crippen molar-refractivity contribution in [2.75, 3.05) is 0 Å². The highest BCUT2D eigenvalue weighted by Gasteiger charge is 1.94. The molecule has 0 fully saturated rings. The molecular weight excluding hydrogens is 269 g/mol. The minimum absolute atomic E-state index is 0.362. The van der Waals surface area contributed by atoms with Crippen LogP contribution in [-0.4, -0.2) is 6.21 Å². The minimum atomic E-state index is 0.362. The molecule has 0 aliphatic carbocycles. The molecule has 0 aliphatic rings. The summed E-state index contributed by atoms with van der Waals surface area (Å²) in [5, 5.41) is 5.12. The van der Waals surface area contributed by atoms with Crippen molar-refractivity contribution in [3.8, 4) is 0 Å². The molecule has 0 amide bonds. The fourth-order valence-electron chi connectivity index (χ4n) is 1.34. The van der Waals surface area contributed by atoms with Gasteiger partial charge in [0.2, 0.25) is 0 Å². The molecule has 0 aliphatic heterocycles. The van der Waals surface area contributed by atoms with Crippen LogP contribution in [0.15, 0.2) is 53.7 Å². The van der Waals surface area contributed by atoms with Crippen molar-refractivity contribution < 1.29 is 4.84 Å². The Kier molecular flexibility index (Phi) is 4.62. The molecule has 0 heterocycles. The normalized spacial score (nSPS) is 10.8. The molecule has 0 spiro atoms. The van der Waals surface area contributed by atoms with Gasteiger partial charge in [0.05, 0.1) is 0 Å². The van der Waals surface area contributed by atoms with Gasteiger partial charge in [0, 0.05) is 15.6 Å². The summed E-state index contributed by atoms with van der Waals surface area (Å²) in [5.74, 6) is 0. The Morgan fingerprint density at radius 1 is 1.00 bits per heavy atom. The lowest BCUT2D eigenvalue weighted by Gasteiger charge is -1.99. The van der Waals surface area contributed by atoms with Gasteiger partial charge in [-0.2, -0.15) is 0 Å². The second kappa shape index (κ2) is 6.43. The quantitative estimate of drug-likeness (QED) is 0.599. The molecule has 0 N–H and O–H groups in total. The van der Waals surface area contributed by atoms with E-state index in [0.717, 1.165) is 11.1 Å². The summed E-state index contributed by atoms with van der Waals surface area (Å²) in [6, 6.07) is 14.6. The van der Waals surface area contributed by atoms with E-state index in [1.807, 2.05) is 36.4 Å². The van der Waals surface area contributed by atoms with E-state index < -0.39 is 0 Å². The summed E-state index contributed by atoms with van der Waals surface area (Å²) in [7, 11) is 0. The SMILES string of the molecule is Clc1ccc(/[C]=N\OCc2cccc(Cl)c2)cc1. The number of rotatable bonds is 4. The second-order valence-electron chi connectivity index (χ2n) is 3.61. The van der Waals surface area contributed by atoms with Crippen LogP contribution in [0, 0.1) is 0 Å². The first-order valence-corrected chi connectivity index (χ1v) is 6.08. The molecule has 0 bridgehead atoms. The molecule has 2 rings (SSSR count). The summed E-state index contributed by atoms with van der Waals surface area (Å²) in [6.45, 7) is 0.362. The van der Waals surface area contributed by atoms with E-state index in [-0.39, 0.29) is 0 Å². The first-order valence-electron chi connectivity index (χ1n) is 5.32. The van der Waals surface area contributed by atoms with Crippen LogP contribution in [0.1, 0.15) is 11.1 Å². The Labute approximate surface area is 116 Å². The summed E-state index contributed by atoms with van der Waals surface area (Å²) in [6.07, 6.45) is 2.77. The van der Waals surface area contributed by atoms with Crippen molar-refractivity contribution in [1.82, 2.24) is 0 Å². The van der Waals surface area contributed by atoms with Crippen LogP contribution in [0.3, 0.4) is 0 Å². The largest absolute Gasteiger partial charge is 0.390 e. The van der Waals surface area contributed by atoms with Crippen molar-refractivity contribution in [2.45, 2.75) is 6.61 Å². The lowest BCUT2D eigenvalue weighted by Crippen LogP contribution is -1.88. The van der Waals surface area contributed by atoms with Crippen LogP contribution in [0.25, 0.3) is 0 Å². The van der Waals surface area contributed by atoms with Crippen molar-refractivity contribution in [3.63, 3.8) is 0 Å². The highest BCUT2D eigenvalue weighted by molar-refractivity contribution is 6.30. The number of benzene rings is 2. The van der Waals surface area contributed by atoms with E-state index in [4.69, 9.17) is 28.0 Å². The number of hydrogen-bond donors (Lipinski definition) is 0. The van der Waals surface area contributed by atoms with E-state index in [9.17, 15) is 0 Å². The predicted molar refractivity (Wildman–Crippen MR) is 74.2 cm³/mol. The van der Waals surface area contributed by atoms with Crippen molar-refractivity contribution >= 4 is 29.4 Å². The maximum absolute atomic E-state index is 5.85. The third kappa shape index (κ3) is 4.06. The molecule has 18 heavy (non-hydrogen) atoms. The standard InChI is InChI=1S/C14H10Cl2NO/c15-13-6-4-11(5-7-13)9-17-18-10-12-2-1-3-14(16)8-12/h1-8H,10H2. The summed E-state index contributed by atoms with van der Waals surface area (Å²) >= 11 is 11.6. The second-order valence-corrected chi connectivity index (χ2v) is 4.49. The zero-order chi connectivity index (χ0) is 12.8. The molecule has 2 nitrogen and oxygen atoms in total. The maximum atomic E-state index is 5.85. The number of hydrogen-bond acceptors (Lipinski definition) is 2. The monoisotopic (exact) mass is 278 g/mol. The number of halogens is 2. The molecule has 0 atom stereocenters. The summed E-state index contributed by atoms with van der Waals surface area (Å²) < 4.78 is 0. The third-order valence-electron chi connectivity index (χ3n) is 2.20. The van der Waals surface area contributed by atoms with E-state index >= 15 is 0 Å². The highest BCUT2D eigenvalue weighted by Crippen LogP contribution is 2.11. The van der Waals surface area contributed by atoms with Gasteiger partial charge in [0.1, 0.15) is 12.8 Å². The van der Waals surface area contributed by atoms with Crippen molar-refractivity contribution in [1.29, 1.82) is 0 Å². The third-order valence-corrected chi connectivity index (χ3v) is 2.69. The van der Waals surface area contributed by atoms with Crippen LogP contribution >= 0.6 is 23.2 Å². The van der Waals surface area contributed by atoms with Gasteiger partial charge < -0.3 is 4.84 Å². The molecule has 0 unspecified atom stereocenters. The van der Waals surface area contributed by atoms with Crippen LogP contribution < -0.4 is 0 Å². The van der Waals surface area contributed by atoms with Crippen LogP contribution in [0.5, 0.6) is 0 Å². The van der Waals surface area contributed by atoms with Gasteiger partial charge in [-0.1, -0.05) is 52.6 Å². The molecule has 0 aromatic heterocycles. The van der Waals surface area contributed by atoms with Gasteiger partial charge in [0.15, 0.2) is 0 Å². The average Bonchev–Trinajstić information content (AvgIpc) is 2.37. The Balaban J connectivity index is 1.87. The fraction of sp³-hybridized carbons (Fsp3) is 0.0714. The molecule has 0 saturated heterocycles. The van der Waals surface area contributed by atoms with Gasteiger partial charge in [-0.3, -0.25) is 0 Å². The molecule has 2 aromatic rings. The van der Waals surface area contributed by atoms with Gasteiger partial charge in [-0.15, -0.1) is 0 Å². The summed E-state index contributed by atoms with van der Waals surface area (Å²) in [5.41, 5.74) is 1.77. The number of nitrogens with zero attached hydrogens (tertiary/aromatic N) is 1. The molecule has 91 valence electrons. The Bertz CT molecular complexity index is 538. The van der Waals surface area contributed by atoms with E-state index in [1.54, 1.807) is 12.1 Å². The predicted octanol–water partition coefficient (Wildman–Crippen LogP) is 4.42. The fourth-order valence-corrected chi connectivity index (χ4v) is 1.68. The van der Waals surface area contributed by atoms with Gasteiger partial charge in [-0.25, -0.2) is 0 Å². The Hall–Kier alpha value is -1.51. The Morgan fingerprint density at radius 3 is 2.50 bits per heavy atom. The van der Waals surface area contributed by atoms with E-state index in [0.29, 0.717) is 16.7 Å². The lowest BCUT2D eigenvalue weighted by molar-refractivity contribution is 0.132. The zero-order valence-corrected chi connectivity index (χ0v) is 10.9. The smallest absolute Gasteiger partial charge is 0.142 e. The average molecular weight is 279 g/mol. The zero-order valence-electron chi connectivity index (χ0n) is 9.44. The molecule has 0 saturated carbocycles. The van der Waals surface area contributed by atoms with E-state index in [1.165, 1.54) is 0 Å². The van der Waals surface area contributed by atoms with Crippen molar-refractivity contribution in [2.24, 2.45) is 5.16 Å². The van der Waals surface area contributed by atoms with Gasteiger partial charge >= 0.3 is 0 Å². The summed E-state index contributed by atoms with van der Waals surface area (Å²) in [4.78, 5) is 5.13. The molecular formula is C14H10Cl2NO.